The maximum Gasteiger partial charge on any atom is 0.178 e. The predicted octanol–water partition coefficient (Wildman–Crippen LogP) is 1.60. The third kappa shape index (κ3) is 1.85. The number of benzene rings is 1. The Bertz CT molecular complexity index is 349. The van der Waals surface area contributed by atoms with E-state index in [0.29, 0.717) is 4.90 Å². The molecule has 0 atom stereocenters. The summed E-state index contributed by atoms with van der Waals surface area (Å²) in [5, 5.41) is 0. The molecule has 1 radical (unpaired) electrons. The number of hydrogen-bond acceptors (Lipinski definition) is 2. The molecule has 0 spiro atoms. The lowest BCUT2D eigenvalue weighted by molar-refractivity contribution is 0.599. The second-order valence-corrected chi connectivity index (χ2v) is 4.74. The fourth-order valence-electron chi connectivity index (χ4n) is 0.863. The molecule has 0 aliphatic rings. The van der Waals surface area contributed by atoms with Crippen LogP contribution in [0.15, 0.2) is 29.2 Å². The molecule has 12 heavy (non-hydrogen) atoms. The second-order valence-electron chi connectivity index (χ2n) is 2.63. The molecule has 2 nitrogen and oxygen atoms in total. The van der Waals surface area contributed by atoms with Crippen LogP contribution in [-0.2, 0) is 9.84 Å². The van der Waals surface area contributed by atoms with Crippen LogP contribution in [0, 0.1) is 13.8 Å². The Kier molecular flexibility index (Phi) is 2.52. The Morgan fingerprint density at radius 1 is 1.25 bits per heavy atom. The van der Waals surface area contributed by atoms with Crippen molar-refractivity contribution in [3.8, 4) is 0 Å². The molecular formula is C9H11O2S. The van der Waals surface area contributed by atoms with Crippen molar-refractivity contribution in [1.29, 1.82) is 0 Å². The first kappa shape index (κ1) is 9.26. The van der Waals surface area contributed by atoms with Gasteiger partial charge in [-0.2, -0.15) is 0 Å². The molecule has 1 rings (SSSR count). The topological polar surface area (TPSA) is 34.1 Å². The Labute approximate surface area is 73.2 Å². The molecule has 3 heteroatoms. The van der Waals surface area contributed by atoms with E-state index in [-0.39, 0.29) is 5.75 Å². The molecule has 0 saturated heterocycles. The number of rotatable bonds is 2. The molecule has 0 aliphatic carbocycles. The fraction of sp³-hybridized carbons (Fsp3) is 0.222. The van der Waals surface area contributed by atoms with Gasteiger partial charge in [-0.3, -0.25) is 0 Å². The van der Waals surface area contributed by atoms with Gasteiger partial charge in [-0.15, -0.1) is 0 Å². The lowest BCUT2D eigenvalue weighted by Gasteiger charge is -2.00. The zero-order chi connectivity index (χ0) is 9.19. The van der Waals surface area contributed by atoms with Crippen molar-refractivity contribution >= 4 is 9.84 Å². The van der Waals surface area contributed by atoms with E-state index in [1.54, 1.807) is 24.3 Å². The zero-order valence-corrected chi connectivity index (χ0v) is 7.76. The third-order valence-corrected chi connectivity index (χ3v) is 3.18. The average Bonchev–Trinajstić information content (AvgIpc) is 2.05. The normalized spacial score (nSPS) is 11.5. The number of aryl methyl sites for hydroxylation is 1. The quantitative estimate of drug-likeness (QED) is 0.698. The van der Waals surface area contributed by atoms with Gasteiger partial charge in [0.15, 0.2) is 9.84 Å². The van der Waals surface area contributed by atoms with Crippen LogP contribution in [0.5, 0.6) is 0 Å². The number of sulfone groups is 1. The van der Waals surface area contributed by atoms with E-state index in [2.05, 4.69) is 6.92 Å². The highest BCUT2D eigenvalue weighted by Crippen LogP contribution is 2.11. The minimum absolute atomic E-state index is 0.0872. The summed E-state index contributed by atoms with van der Waals surface area (Å²) in [6.07, 6.45) is 0. The van der Waals surface area contributed by atoms with Gasteiger partial charge in [-0.05, 0) is 26.0 Å². The molecule has 0 amide bonds. The molecule has 1 aromatic rings. The predicted molar refractivity (Wildman–Crippen MR) is 48.6 cm³/mol. The molecular weight excluding hydrogens is 172 g/mol. The van der Waals surface area contributed by atoms with Crippen molar-refractivity contribution in [1.82, 2.24) is 0 Å². The van der Waals surface area contributed by atoms with Crippen molar-refractivity contribution in [2.75, 3.05) is 5.75 Å². The van der Waals surface area contributed by atoms with E-state index < -0.39 is 9.84 Å². The summed E-state index contributed by atoms with van der Waals surface area (Å²) in [5.74, 6) is -0.0872. The van der Waals surface area contributed by atoms with E-state index in [0.717, 1.165) is 5.56 Å². The highest BCUT2D eigenvalue weighted by molar-refractivity contribution is 7.91. The SMILES string of the molecule is [CH2]CS(=O)(=O)c1ccc(C)cc1. The van der Waals surface area contributed by atoms with Gasteiger partial charge in [0.1, 0.15) is 0 Å². The molecule has 0 heterocycles. The molecule has 0 saturated carbocycles. The Balaban J connectivity index is 3.14. The maximum absolute atomic E-state index is 11.2. The molecule has 0 bridgehead atoms. The van der Waals surface area contributed by atoms with Gasteiger partial charge in [0, 0.05) is 0 Å². The molecule has 0 unspecified atom stereocenters. The molecule has 0 aliphatic heterocycles. The third-order valence-electron chi connectivity index (χ3n) is 1.65. The summed E-state index contributed by atoms with van der Waals surface area (Å²) < 4.78 is 22.5. The fourth-order valence-corrected chi connectivity index (χ4v) is 1.65. The molecule has 0 aromatic heterocycles. The first-order valence-electron chi connectivity index (χ1n) is 3.65. The molecule has 1 aromatic carbocycles. The van der Waals surface area contributed by atoms with Crippen molar-refractivity contribution in [3.63, 3.8) is 0 Å². The minimum Gasteiger partial charge on any atom is -0.224 e. The Morgan fingerprint density at radius 3 is 2.17 bits per heavy atom. The summed E-state index contributed by atoms with van der Waals surface area (Å²) in [6, 6.07) is 6.77. The van der Waals surface area contributed by atoms with Crippen LogP contribution < -0.4 is 0 Å². The van der Waals surface area contributed by atoms with Gasteiger partial charge in [0.05, 0.1) is 10.6 Å². The van der Waals surface area contributed by atoms with E-state index in [4.69, 9.17) is 0 Å². The maximum atomic E-state index is 11.2. The highest BCUT2D eigenvalue weighted by Gasteiger charge is 2.09. The molecule has 0 fully saturated rings. The zero-order valence-electron chi connectivity index (χ0n) is 6.95. The van der Waals surface area contributed by atoms with E-state index >= 15 is 0 Å². The van der Waals surface area contributed by atoms with Gasteiger partial charge < -0.3 is 0 Å². The summed E-state index contributed by atoms with van der Waals surface area (Å²) in [7, 11) is -3.13. The van der Waals surface area contributed by atoms with Crippen molar-refractivity contribution in [2.24, 2.45) is 0 Å². The average molecular weight is 183 g/mol. The minimum atomic E-state index is -3.13. The van der Waals surface area contributed by atoms with Crippen LogP contribution in [0.3, 0.4) is 0 Å². The standard InChI is InChI=1S/C9H11O2S/c1-3-12(10,11)9-6-4-8(2)5-7-9/h4-7H,1,3H2,2H3. The first-order chi connectivity index (χ1) is 5.56. The van der Waals surface area contributed by atoms with Gasteiger partial charge in [0.2, 0.25) is 0 Å². The van der Waals surface area contributed by atoms with Gasteiger partial charge in [-0.25, -0.2) is 8.42 Å². The van der Waals surface area contributed by atoms with Crippen LogP contribution in [0.1, 0.15) is 5.56 Å². The largest absolute Gasteiger partial charge is 0.224 e. The van der Waals surface area contributed by atoms with Crippen molar-refractivity contribution in [2.45, 2.75) is 11.8 Å². The highest BCUT2D eigenvalue weighted by atomic mass is 32.2. The van der Waals surface area contributed by atoms with Crippen LogP contribution in [0.25, 0.3) is 0 Å². The van der Waals surface area contributed by atoms with Crippen LogP contribution in [0.2, 0.25) is 0 Å². The van der Waals surface area contributed by atoms with Gasteiger partial charge in [0.25, 0.3) is 0 Å². The summed E-state index contributed by atoms with van der Waals surface area (Å²) in [6.45, 7) is 5.29. The Morgan fingerprint density at radius 2 is 1.75 bits per heavy atom. The molecule has 65 valence electrons. The van der Waals surface area contributed by atoms with Crippen LogP contribution >= 0.6 is 0 Å². The Hall–Kier alpha value is -0.830. The smallest absolute Gasteiger partial charge is 0.178 e. The van der Waals surface area contributed by atoms with E-state index in [1.165, 1.54) is 0 Å². The van der Waals surface area contributed by atoms with Crippen LogP contribution in [-0.4, -0.2) is 14.2 Å². The van der Waals surface area contributed by atoms with Crippen molar-refractivity contribution < 1.29 is 8.42 Å². The van der Waals surface area contributed by atoms with Gasteiger partial charge >= 0.3 is 0 Å². The summed E-state index contributed by atoms with van der Waals surface area (Å²) in [4.78, 5) is 0.350. The first-order valence-corrected chi connectivity index (χ1v) is 5.30. The number of hydrogen-bond donors (Lipinski definition) is 0. The lowest BCUT2D eigenvalue weighted by atomic mass is 10.2. The lowest BCUT2D eigenvalue weighted by Crippen LogP contribution is -2.03. The monoisotopic (exact) mass is 183 g/mol. The van der Waals surface area contributed by atoms with Crippen LogP contribution in [0.4, 0.5) is 0 Å². The van der Waals surface area contributed by atoms with Crippen molar-refractivity contribution in [3.05, 3.63) is 36.8 Å². The van der Waals surface area contributed by atoms with E-state index in [9.17, 15) is 8.42 Å². The molecule has 0 N–H and O–H groups in total. The second kappa shape index (κ2) is 3.27. The summed E-state index contributed by atoms with van der Waals surface area (Å²) >= 11 is 0. The summed E-state index contributed by atoms with van der Waals surface area (Å²) in [5.41, 5.74) is 1.05. The van der Waals surface area contributed by atoms with Gasteiger partial charge in [-0.1, -0.05) is 17.7 Å². The van der Waals surface area contributed by atoms with E-state index in [1.807, 2.05) is 6.92 Å².